The number of anilines is 1. The van der Waals surface area contributed by atoms with Crippen LogP contribution in [-0.4, -0.2) is 114 Å². The molecule has 6 rings (SSSR count). The van der Waals surface area contributed by atoms with E-state index in [2.05, 4.69) is 9.98 Å². The largest absolute Gasteiger partial charge is 0.508 e. The van der Waals surface area contributed by atoms with Crippen molar-refractivity contribution in [1.82, 2.24) is 0 Å². The van der Waals surface area contributed by atoms with E-state index >= 15 is 0 Å². The summed E-state index contributed by atoms with van der Waals surface area (Å²) in [4.78, 5) is 36.8. The number of aliphatic hydroxyl groups excluding tert-OH is 4. The van der Waals surface area contributed by atoms with Crippen molar-refractivity contribution < 1.29 is 59.9 Å². The van der Waals surface area contributed by atoms with Crippen LogP contribution >= 0.6 is 0 Å². The second-order valence-corrected chi connectivity index (χ2v) is 13.1. The summed E-state index contributed by atoms with van der Waals surface area (Å²) in [5.74, 6) is -7.13. The van der Waals surface area contributed by atoms with Crippen molar-refractivity contribution in [1.29, 1.82) is 0 Å². The van der Waals surface area contributed by atoms with Crippen molar-refractivity contribution in [2.45, 2.75) is 75.0 Å². The molecule has 7 unspecified atom stereocenters. The van der Waals surface area contributed by atoms with Crippen LogP contribution in [0.1, 0.15) is 47.9 Å². The lowest BCUT2D eigenvalue weighted by Gasteiger charge is -2.44. The SMILES string of the molecule is CCC1=NCN=C1Cc1cc(C=CC(=O)N2c3cc(OC4(O)OC(CO)C(O)C(O)C4O)c(O)cc3C(CCc3ccccc3)C2C(=O)O)ccc1O. The van der Waals surface area contributed by atoms with E-state index in [-0.39, 0.29) is 17.9 Å². The lowest BCUT2D eigenvalue weighted by molar-refractivity contribution is -0.422. The van der Waals surface area contributed by atoms with E-state index in [0.29, 0.717) is 42.6 Å². The van der Waals surface area contributed by atoms with Gasteiger partial charge < -0.3 is 50.3 Å². The number of amides is 1. The van der Waals surface area contributed by atoms with Gasteiger partial charge in [-0.3, -0.25) is 19.7 Å². The molecule has 3 aliphatic heterocycles. The average Bonchev–Trinajstić information content (AvgIpc) is 3.73. The van der Waals surface area contributed by atoms with Gasteiger partial charge in [0.2, 0.25) is 0 Å². The quantitative estimate of drug-likeness (QED) is 0.0980. The molecule has 0 saturated carbocycles. The van der Waals surface area contributed by atoms with Crippen LogP contribution < -0.4 is 9.64 Å². The maximum absolute atomic E-state index is 14.1. The van der Waals surface area contributed by atoms with Crippen molar-refractivity contribution in [3.8, 4) is 17.2 Å². The Balaban J connectivity index is 1.35. The third kappa shape index (κ3) is 7.53. The molecule has 1 amide bonds. The van der Waals surface area contributed by atoms with Crippen LogP contribution in [0.4, 0.5) is 5.69 Å². The molecule has 280 valence electrons. The van der Waals surface area contributed by atoms with E-state index in [0.717, 1.165) is 28.0 Å². The molecular weight excluding hydrogens is 690 g/mol. The Morgan fingerprint density at radius 2 is 1.74 bits per heavy atom. The van der Waals surface area contributed by atoms with Crippen LogP contribution in [0.25, 0.3) is 6.08 Å². The summed E-state index contributed by atoms with van der Waals surface area (Å²) in [6.07, 6.45) is -3.35. The van der Waals surface area contributed by atoms with E-state index < -0.39 is 72.3 Å². The maximum Gasteiger partial charge on any atom is 0.355 e. The highest BCUT2D eigenvalue weighted by molar-refractivity contribution is 6.43. The summed E-state index contributed by atoms with van der Waals surface area (Å²) < 4.78 is 10.7. The number of rotatable bonds is 12. The fourth-order valence-electron chi connectivity index (χ4n) is 6.99. The molecule has 0 spiro atoms. The predicted molar refractivity (Wildman–Crippen MR) is 191 cm³/mol. The molecule has 3 aromatic carbocycles. The number of phenols is 2. The lowest BCUT2D eigenvalue weighted by atomic mass is 9.88. The van der Waals surface area contributed by atoms with E-state index in [9.17, 15) is 50.4 Å². The minimum atomic E-state index is -3.09. The average molecular weight is 732 g/mol. The van der Waals surface area contributed by atoms with Crippen LogP contribution in [0.2, 0.25) is 0 Å². The predicted octanol–water partition coefficient (Wildman–Crippen LogP) is 1.63. The fraction of sp³-hybridized carbons (Fsp3) is 0.368. The molecule has 53 heavy (non-hydrogen) atoms. The molecule has 7 atom stereocenters. The number of fused-ring (bicyclic) bond motifs is 1. The number of hydrogen-bond donors (Lipinski definition) is 8. The zero-order valence-corrected chi connectivity index (χ0v) is 28.7. The van der Waals surface area contributed by atoms with Gasteiger partial charge in [-0.1, -0.05) is 43.3 Å². The number of aromatic hydroxyl groups is 2. The Kier molecular flexibility index (Phi) is 11.0. The summed E-state index contributed by atoms with van der Waals surface area (Å²) in [6, 6.07) is 14.9. The maximum atomic E-state index is 14.1. The number of aryl methyl sites for hydroxylation is 1. The summed E-state index contributed by atoms with van der Waals surface area (Å²) >= 11 is 0. The highest BCUT2D eigenvalue weighted by atomic mass is 16.8. The second kappa shape index (κ2) is 15.4. The number of aliphatic hydroxyl groups is 5. The Bertz CT molecular complexity index is 1950. The van der Waals surface area contributed by atoms with Crippen LogP contribution in [0.3, 0.4) is 0 Å². The molecular formula is C38H41N3O12. The molecule has 1 fully saturated rings. The first kappa shape index (κ1) is 37.6. The number of hydrogen-bond acceptors (Lipinski definition) is 13. The molecule has 0 radical (unpaired) electrons. The van der Waals surface area contributed by atoms with Crippen molar-refractivity contribution >= 4 is 35.1 Å². The Morgan fingerprint density at radius 3 is 2.43 bits per heavy atom. The Hall–Kier alpha value is -5.16. The first-order valence-electron chi connectivity index (χ1n) is 17.1. The Labute approximate surface area is 304 Å². The van der Waals surface area contributed by atoms with Crippen molar-refractivity contribution in [3.05, 3.63) is 89.0 Å². The van der Waals surface area contributed by atoms with Crippen LogP contribution in [0, 0.1) is 0 Å². The molecule has 15 nitrogen and oxygen atoms in total. The topological polar surface area (TPSA) is 242 Å². The van der Waals surface area contributed by atoms with Crippen molar-refractivity contribution in [3.63, 3.8) is 0 Å². The van der Waals surface area contributed by atoms with Gasteiger partial charge in [-0.25, -0.2) is 4.79 Å². The van der Waals surface area contributed by atoms with Gasteiger partial charge in [-0.15, -0.1) is 0 Å². The summed E-state index contributed by atoms with van der Waals surface area (Å²) in [5.41, 5.74) is 3.92. The van der Waals surface area contributed by atoms with Gasteiger partial charge in [0, 0.05) is 30.0 Å². The van der Waals surface area contributed by atoms with Gasteiger partial charge in [-0.05, 0) is 60.2 Å². The molecule has 3 aromatic rings. The molecule has 3 aliphatic rings. The summed E-state index contributed by atoms with van der Waals surface area (Å²) in [7, 11) is 0. The van der Waals surface area contributed by atoms with Gasteiger partial charge in [0.25, 0.3) is 5.91 Å². The second-order valence-electron chi connectivity index (χ2n) is 13.1. The van der Waals surface area contributed by atoms with E-state index in [1.54, 1.807) is 12.1 Å². The lowest BCUT2D eigenvalue weighted by Crippen LogP contribution is -2.67. The van der Waals surface area contributed by atoms with E-state index in [1.807, 2.05) is 37.3 Å². The number of carbonyl (C=O) groups is 2. The number of carboxylic acid groups (broad SMARTS) is 1. The number of carboxylic acids is 1. The minimum absolute atomic E-state index is 0.0168. The molecule has 3 heterocycles. The summed E-state index contributed by atoms with van der Waals surface area (Å²) in [5, 5.41) is 83.9. The number of aliphatic carboxylic acids is 1. The molecule has 8 N–H and O–H groups in total. The first-order chi connectivity index (χ1) is 25.3. The Morgan fingerprint density at radius 1 is 1.00 bits per heavy atom. The minimum Gasteiger partial charge on any atom is -0.508 e. The summed E-state index contributed by atoms with van der Waals surface area (Å²) in [6.45, 7) is 1.41. The number of nitrogens with zero attached hydrogens (tertiary/aromatic N) is 3. The van der Waals surface area contributed by atoms with Crippen molar-refractivity contribution in [2.24, 2.45) is 9.98 Å². The first-order valence-corrected chi connectivity index (χ1v) is 17.1. The molecule has 15 heteroatoms. The molecule has 0 bridgehead atoms. The normalized spacial score (nSPS) is 26.7. The molecule has 0 aromatic heterocycles. The van der Waals surface area contributed by atoms with Crippen LogP contribution in [0.5, 0.6) is 17.2 Å². The van der Waals surface area contributed by atoms with E-state index in [1.165, 1.54) is 24.3 Å². The number of aliphatic imine (C=N–C) groups is 2. The third-order valence-corrected chi connectivity index (χ3v) is 9.76. The van der Waals surface area contributed by atoms with Gasteiger partial charge >= 0.3 is 11.9 Å². The standard InChI is InChI=1S/C38H41N3O12/c1-2-25-26(40-19-39-25)15-22-14-21(9-12-28(22)43)10-13-32(45)41-27-17-30(52-38(51)36(48)35(47)34(46)31(18-42)53-38)29(44)16-24(27)23(33(41)37(49)50)11-8-20-6-4-3-5-7-20/h3-7,9-10,12-14,16-17,23,31,33-36,42-44,46-48,51H,2,8,11,15,18-19H2,1H3,(H,49,50). The van der Waals surface area contributed by atoms with Gasteiger partial charge in [0.15, 0.2) is 17.6 Å². The highest BCUT2D eigenvalue weighted by Gasteiger charge is 2.56. The fourth-order valence-corrected chi connectivity index (χ4v) is 6.99. The van der Waals surface area contributed by atoms with E-state index in [4.69, 9.17) is 9.47 Å². The van der Waals surface area contributed by atoms with Crippen molar-refractivity contribution in [2.75, 3.05) is 18.2 Å². The zero-order valence-electron chi connectivity index (χ0n) is 28.7. The number of phenolic OH excluding ortho intramolecular Hbond substituents is 2. The van der Waals surface area contributed by atoms with Gasteiger partial charge in [-0.2, -0.15) is 0 Å². The third-order valence-electron chi connectivity index (χ3n) is 9.76. The molecule has 1 saturated heterocycles. The number of carbonyl (C=O) groups excluding carboxylic acids is 1. The smallest absolute Gasteiger partial charge is 0.355 e. The zero-order chi connectivity index (χ0) is 38.0. The van der Waals surface area contributed by atoms with Crippen LogP contribution in [0.15, 0.2) is 76.7 Å². The highest BCUT2D eigenvalue weighted by Crippen LogP contribution is 2.49. The van der Waals surface area contributed by atoms with Crippen LogP contribution in [-0.2, 0) is 27.2 Å². The van der Waals surface area contributed by atoms with Gasteiger partial charge in [0.05, 0.1) is 23.7 Å². The molecule has 0 aliphatic carbocycles. The number of benzene rings is 3. The number of ether oxygens (including phenoxy) is 2. The monoisotopic (exact) mass is 731 g/mol. The van der Waals surface area contributed by atoms with Gasteiger partial charge in [0.1, 0.15) is 36.8 Å².